The molecule has 2 heteroatoms. The van der Waals surface area contributed by atoms with Crippen LogP contribution < -0.4 is 0 Å². The normalized spacial score (nSPS) is 10.2. The molecule has 0 amide bonds. The Morgan fingerprint density at radius 2 is 1.92 bits per heavy atom. The molecule has 0 atom stereocenters. The van der Waals surface area contributed by atoms with Crippen molar-refractivity contribution in [3.05, 3.63) is 35.4 Å². The van der Waals surface area contributed by atoms with Crippen LogP contribution in [0.25, 0.3) is 0 Å². The lowest BCUT2D eigenvalue weighted by Crippen LogP contribution is -1.98. The van der Waals surface area contributed by atoms with Crippen molar-refractivity contribution in [2.75, 3.05) is 13.7 Å². The molecule has 0 aromatic heterocycles. The quantitative estimate of drug-likeness (QED) is 0.732. The van der Waals surface area contributed by atoms with Gasteiger partial charge in [0.1, 0.15) is 0 Å². The lowest BCUT2D eigenvalue weighted by atomic mass is 10.1. The number of ether oxygens (including phenoxy) is 1. The second kappa shape index (κ2) is 4.91. The van der Waals surface area contributed by atoms with Gasteiger partial charge < -0.3 is 9.84 Å². The van der Waals surface area contributed by atoms with Gasteiger partial charge in [0, 0.05) is 13.7 Å². The van der Waals surface area contributed by atoms with E-state index in [1.165, 1.54) is 5.56 Å². The van der Waals surface area contributed by atoms with Gasteiger partial charge in [-0.15, -0.1) is 0 Å². The van der Waals surface area contributed by atoms with Gasteiger partial charge in [-0.2, -0.15) is 0 Å². The maximum atomic E-state index is 8.77. The lowest BCUT2D eigenvalue weighted by molar-refractivity contribution is 0.183. The maximum absolute atomic E-state index is 8.77. The summed E-state index contributed by atoms with van der Waals surface area (Å²) in [5, 5.41) is 8.77. The van der Waals surface area contributed by atoms with Gasteiger partial charge in [0.15, 0.2) is 0 Å². The third kappa shape index (κ3) is 2.32. The van der Waals surface area contributed by atoms with Crippen LogP contribution in [0.2, 0.25) is 0 Å². The maximum Gasteiger partial charge on any atom is 0.0715 e. The van der Waals surface area contributed by atoms with Crippen LogP contribution in [0, 0.1) is 0 Å². The molecule has 1 N–H and O–H groups in total. The summed E-state index contributed by atoms with van der Waals surface area (Å²) in [5.41, 5.74) is 2.33. The summed E-state index contributed by atoms with van der Waals surface area (Å²) < 4.78 is 5.03. The second-order valence-corrected chi connectivity index (χ2v) is 2.68. The molecule has 0 bridgehead atoms. The Bertz CT molecular complexity index is 208. The molecule has 66 valence electrons. The molecule has 1 aromatic rings. The first kappa shape index (κ1) is 9.23. The number of aliphatic hydroxyl groups excluding tert-OH is 1. The van der Waals surface area contributed by atoms with E-state index < -0.39 is 0 Å². The molecule has 0 aliphatic heterocycles. The molecular formula is C10H14O2. The number of benzene rings is 1. The summed E-state index contributed by atoms with van der Waals surface area (Å²) >= 11 is 0. The minimum atomic E-state index is 0.195. The third-order valence-electron chi connectivity index (χ3n) is 1.80. The molecule has 1 aromatic carbocycles. The van der Waals surface area contributed by atoms with E-state index in [-0.39, 0.29) is 6.61 Å². The molecule has 2 nitrogen and oxygen atoms in total. The molecule has 0 aliphatic carbocycles. The van der Waals surface area contributed by atoms with E-state index in [4.69, 9.17) is 9.84 Å². The molecule has 12 heavy (non-hydrogen) atoms. The van der Waals surface area contributed by atoms with Crippen molar-refractivity contribution in [3.63, 3.8) is 0 Å². The van der Waals surface area contributed by atoms with E-state index in [1.807, 2.05) is 24.3 Å². The van der Waals surface area contributed by atoms with E-state index in [0.29, 0.717) is 13.0 Å². The summed E-state index contributed by atoms with van der Waals surface area (Å²) in [7, 11) is 1.68. The van der Waals surface area contributed by atoms with Crippen LogP contribution in [0.15, 0.2) is 24.3 Å². The Kier molecular flexibility index (Phi) is 3.77. The zero-order valence-electron chi connectivity index (χ0n) is 7.29. The zero-order chi connectivity index (χ0) is 8.81. The Hall–Kier alpha value is -0.860. The molecule has 0 aliphatic rings. The van der Waals surface area contributed by atoms with Crippen molar-refractivity contribution in [1.82, 2.24) is 0 Å². The summed E-state index contributed by atoms with van der Waals surface area (Å²) in [6.07, 6.45) is 0.708. The Morgan fingerprint density at radius 1 is 1.25 bits per heavy atom. The largest absolute Gasteiger partial charge is 0.396 e. The number of hydrogen-bond acceptors (Lipinski definition) is 2. The highest BCUT2D eigenvalue weighted by atomic mass is 16.5. The molecular weight excluding hydrogens is 152 g/mol. The van der Waals surface area contributed by atoms with Gasteiger partial charge in [0.25, 0.3) is 0 Å². The molecule has 0 heterocycles. The number of hydrogen-bond donors (Lipinski definition) is 1. The first-order chi connectivity index (χ1) is 5.88. The van der Waals surface area contributed by atoms with E-state index >= 15 is 0 Å². The molecule has 1 rings (SSSR count). The molecule has 0 saturated heterocycles. The van der Waals surface area contributed by atoms with Gasteiger partial charge in [-0.3, -0.25) is 0 Å². The first-order valence-corrected chi connectivity index (χ1v) is 4.05. The van der Waals surface area contributed by atoms with Crippen LogP contribution in [-0.2, 0) is 17.8 Å². The van der Waals surface area contributed by atoms with Crippen LogP contribution in [0.5, 0.6) is 0 Å². The lowest BCUT2D eigenvalue weighted by Gasteiger charge is -2.06. The van der Waals surface area contributed by atoms with Gasteiger partial charge in [-0.25, -0.2) is 0 Å². The SMILES string of the molecule is COCc1ccccc1CCO. The predicted octanol–water partition coefficient (Wildman–Crippen LogP) is 1.37. The van der Waals surface area contributed by atoms with Crippen molar-refractivity contribution in [3.8, 4) is 0 Å². The first-order valence-electron chi connectivity index (χ1n) is 4.05. The molecule has 0 spiro atoms. The highest BCUT2D eigenvalue weighted by Gasteiger charge is 1.99. The highest BCUT2D eigenvalue weighted by Crippen LogP contribution is 2.09. The van der Waals surface area contributed by atoms with Gasteiger partial charge >= 0.3 is 0 Å². The van der Waals surface area contributed by atoms with E-state index in [1.54, 1.807) is 7.11 Å². The number of methoxy groups -OCH3 is 1. The monoisotopic (exact) mass is 166 g/mol. The van der Waals surface area contributed by atoms with E-state index in [9.17, 15) is 0 Å². The van der Waals surface area contributed by atoms with Crippen LogP contribution in [0.3, 0.4) is 0 Å². The van der Waals surface area contributed by atoms with E-state index in [0.717, 1.165) is 5.56 Å². The van der Waals surface area contributed by atoms with Crippen LogP contribution in [0.1, 0.15) is 11.1 Å². The summed E-state index contributed by atoms with van der Waals surface area (Å²) in [5.74, 6) is 0. The van der Waals surface area contributed by atoms with Crippen molar-refractivity contribution >= 4 is 0 Å². The average Bonchev–Trinajstić information content (AvgIpc) is 2.09. The van der Waals surface area contributed by atoms with Gasteiger partial charge in [-0.05, 0) is 17.5 Å². The molecule has 0 saturated carbocycles. The molecule has 0 fully saturated rings. The Morgan fingerprint density at radius 3 is 2.50 bits per heavy atom. The third-order valence-corrected chi connectivity index (χ3v) is 1.80. The van der Waals surface area contributed by atoms with Crippen molar-refractivity contribution < 1.29 is 9.84 Å². The van der Waals surface area contributed by atoms with E-state index in [2.05, 4.69) is 0 Å². The van der Waals surface area contributed by atoms with Crippen LogP contribution >= 0.6 is 0 Å². The van der Waals surface area contributed by atoms with Crippen molar-refractivity contribution in [1.29, 1.82) is 0 Å². The van der Waals surface area contributed by atoms with Gasteiger partial charge in [0.05, 0.1) is 6.61 Å². The summed E-state index contributed by atoms with van der Waals surface area (Å²) in [6.45, 7) is 0.816. The Balaban J connectivity index is 2.77. The number of aliphatic hydroxyl groups is 1. The average molecular weight is 166 g/mol. The zero-order valence-corrected chi connectivity index (χ0v) is 7.29. The fraction of sp³-hybridized carbons (Fsp3) is 0.400. The Labute approximate surface area is 72.8 Å². The van der Waals surface area contributed by atoms with Crippen molar-refractivity contribution in [2.24, 2.45) is 0 Å². The van der Waals surface area contributed by atoms with Gasteiger partial charge in [0.2, 0.25) is 0 Å². The highest BCUT2D eigenvalue weighted by molar-refractivity contribution is 5.26. The minimum Gasteiger partial charge on any atom is -0.396 e. The van der Waals surface area contributed by atoms with Gasteiger partial charge in [-0.1, -0.05) is 24.3 Å². The van der Waals surface area contributed by atoms with Crippen molar-refractivity contribution in [2.45, 2.75) is 13.0 Å². The topological polar surface area (TPSA) is 29.5 Å². The predicted molar refractivity (Wildman–Crippen MR) is 47.9 cm³/mol. The van der Waals surface area contributed by atoms with Crippen LogP contribution in [-0.4, -0.2) is 18.8 Å². The number of rotatable bonds is 4. The second-order valence-electron chi connectivity index (χ2n) is 2.68. The fourth-order valence-electron chi connectivity index (χ4n) is 1.22. The fourth-order valence-corrected chi connectivity index (χ4v) is 1.22. The minimum absolute atomic E-state index is 0.195. The molecule has 0 unspecified atom stereocenters. The molecule has 0 radical (unpaired) electrons. The summed E-state index contributed by atoms with van der Waals surface area (Å²) in [4.78, 5) is 0. The van der Waals surface area contributed by atoms with Crippen LogP contribution in [0.4, 0.5) is 0 Å². The summed E-state index contributed by atoms with van der Waals surface area (Å²) in [6, 6.07) is 8.00. The smallest absolute Gasteiger partial charge is 0.0715 e. The standard InChI is InChI=1S/C10H14O2/c1-12-8-10-5-3-2-4-9(10)6-7-11/h2-5,11H,6-8H2,1H3.